The van der Waals surface area contributed by atoms with Crippen LogP contribution in [0.1, 0.15) is 78.1 Å². The van der Waals surface area contributed by atoms with E-state index in [1.165, 1.54) is 0 Å². The minimum atomic E-state index is -0.609. The van der Waals surface area contributed by atoms with E-state index in [1.54, 1.807) is 0 Å². The lowest BCUT2D eigenvalue weighted by Crippen LogP contribution is -2.59. The first-order valence-electron chi connectivity index (χ1n) is 10.9. The van der Waals surface area contributed by atoms with Gasteiger partial charge < -0.3 is 14.9 Å². The van der Waals surface area contributed by atoms with Gasteiger partial charge in [0.25, 0.3) is 0 Å². The summed E-state index contributed by atoms with van der Waals surface area (Å²) in [5.41, 5.74) is -0.633. The summed E-state index contributed by atoms with van der Waals surface area (Å²) in [6.07, 6.45) is 9.41. The Balaban J connectivity index is 1.44. The second-order valence-corrected chi connectivity index (χ2v) is 10.5. The molecule has 0 aromatic heterocycles. The Morgan fingerprint density at radius 3 is 2.54 bits per heavy atom. The van der Waals surface area contributed by atoms with E-state index in [0.717, 1.165) is 51.4 Å². The standard InChI is InChI=1S/C22H34O4/c1-19-9-5-16-14(15(19)6-11-21(19,25)8-3-13-23)4-12-22-18(26-22)17(24)7-10-20(16,22)2/h14-16,18,23,25H,3-13H2,1-2H3/t14-,15-,16-,18?,19-,20+,21-,22?/m0/s1. The van der Waals surface area contributed by atoms with Crippen LogP contribution in [0.4, 0.5) is 0 Å². The van der Waals surface area contributed by atoms with Gasteiger partial charge in [-0.05, 0) is 81.0 Å². The molecular weight excluding hydrogens is 328 g/mol. The second-order valence-electron chi connectivity index (χ2n) is 10.5. The summed E-state index contributed by atoms with van der Waals surface area (Å²) < 4.78 is 6.14. The molecule has 0 aromatic rings. The van der Waals surface area contributed by atoms with Crippen molar-refractivity contribution in [3.8, 4) is 0 Å². The summed E-state index contributed by atoms with van der Waals surface area (Å²) in [5, 5.41) is 20.8. The number of ether oxygens (including phenoxy) is 1. The van der Waals surface area contributed by atoms with Crippen molar-refractivity contribution in [2.24, 2.45) is 28.6 Å². The molecule has 2 N–H and O–H groups in total. The molecule has 5 fully saturated rings. The molecule has 4 nitrogen and oxygen atoms in total. The van der Waals surface area contributed by atoms with E-state index in [2.05, 4.69) is 13.8 Å². The third-order valence-corrected chi connectivity index (χ3v) is 10.0. The van der Waals surface area contributed by atoms with E-state index in [4.69, 9.17) is 4.74 Å². The molecule has 1 aliphatic heterocycles. The number of aliphatic hydroxyl groups is 2. The van der Waals surface area contributed by atoms with Gasteiger partial charge in [-0.3, -0.25) is 4.79 Å². The van der Waals surface area contributed by atoms with E-state index in [-0.39, 0.29) is 29.1 Å². The second kappa shape index (κ2) is 5.33. The molecule has 5 aliphatic rings. The zero-order valence-electron chi connectivity index (χ0n) is 16.3. The van der Waals surface area contributed by atoms with Crippen LogP contribution in [0, 0.1) is 28.6 Å². The highest BCUT2D eigenvalue weighted by atomic mass is 16.6. The molecule has 4 saturated carbocycles. The lowest BCUT2D eigenvalue weighted by atomic mass is 9.44. The van der Waals surface area contributed by atoms with Crippen LogP contribution in [0.15, 0.2) is 0 Å². The van der Waals surface area contributed by atoms with Crippen molar-refractivity contribution in [2.75, 3.05) is 6.61 Å². The maximum atomic E-state index is 12.2. The number of carbonyl (C=O) groups excluding carboxylic acids is 1. The normalized spacial score (nSPS) is 57.8. The van der Waals surface area contributed by atoms with Crippen LogP contribution in [0.3, 0.4) is 0 Å². The molecular formula is C22H34O4. The van der Waals surface area contributed by atoms with Gasteiger partial charge in [-0.1, -0.05) is 13.8 Å². The molecule has 0 radical (unpaired) electrons. The van der Waals surface area contributed by atoms with Crippen molar-refractivity contribution in [3.63, 3.8) is 0 Å². The number of aliphatic hydroxyl groups excluding tert-OH is 1. The zero-order chi connectivity index (χ0) is 18.4. The van der Waals surface area contributed by atoms with E-state index < -0.39 is 5.60 Å². The zero-order valence-corrected chi connectivity index (χ0v) is 16.3. The minimum Gasteiger partial charge on any atom is -0.396 e. The Morgan fingerprint density at radius 1 is 1.04 bits per heavy atom. The first kappa shape index (κ1) is 17.6. The van der Waals surface area contributed by atoms with Gasteiger partial charge in [0.2, 0.25) is 0 Å². The fourth-order valence-corrected chi connectivity index (χ4v) is 8.39. The molecule has 0 bridgehead atoms. The lowest BCUT2D eigenvalue weighted by molar-refractivity contribution is -0.156. The Morgan fingerprint density at radius 2 is 1.77 bits per heavy atom. The smallest absolute Gasteiger partial charge is 0.164 e. The molecule has 1 saturated heterocycles. The molecule has 146 valence electrons. The molecule has 5 rings (SSSR count). The van der Waals surface area contributed by atoms with Crippen molar-refractivity contribution >= 4 is 5.78 Å². The Kier molecular flexibility index (Phi) is 3.61. The number of ketones is 1. The number of rotatable bonds is 3. The highest BCUT2D eigenvalue weighted by molar-refractivity contribution is 5.88. The molecule has 4 aliphatic carbocycles. The van der Waals surface area contributed by atoms with Crippen LogP contribution in [-0.4, -0.2) is 39.9 Å². The van der Waals surface area contributed by atoms with Gasteiger partial charge in [-0.15, -0.1) is 0 Å². The van der Waals surface area contributed by atoms with Gasteiger partial charge in [0, 0.05) is 18.4 Å². The topological polar surface area (TPSA) is 70.1 Å². The molecule has 26 heavy (non-hydrogen) atoms. The number of Topliss-reactive ketones (excluding diaryl/α,β-unsaturated/α-hetero) is 1. The van der Waals surface area contributed by atoms with Gasteiger partial charge >= 0.3 is 0 Å². The van der Waals surface area contributed by atoms with Crippen LogP contribution in [0.2, 0.25) is 0 Å². The predicted molar refractivity (Wildman–Crippen MR) is 97.5 cm³/mol. The van der Waals surface area contributed by atoms with Crippen LogP contribution in [-0.2, 0) is 9.53 Å². The highest BCUT2D eigenvalue weighted by Gasteiger charge is 2.77. The summed E-state index contributed by atoms with van der Waals surface area (Å²) in [6, 6.07) is 0. The third-order valence-electron chi connectivity index (χ3n) is 10.0. The number of epoxide rings is 1. The summed E-state index contributed by atoms with van der Waals surface area (Å²) in [5.74, 6) is 2.20. The highest BCUT2D eigenvalue weighted by Crippen LogP contribution is 2.73. The monoisotopic (exact) mass is 362 g/mol. The summed E-state index contributed by atoms with van der Waals surface area (Å²) >= 11 is 0. The molecule has 4 heteroatoms. The van der Waals surface area contributed by atoms with Gasteiger partial charge in [0.1, 0.15) is 11.7 Å². The first-order valence-corrected chi connectivity index (χ1v) is 10.9. The van der Waals surface area contributed by atoms with Gasteiger partial charge in [0.15, 0.2) is 5.78 Å². The summed E-state index contributed by atoms with van der Waals surface area (Å²) in [6.45, 7) is 4.90. The Labute approximate surface area is 156 Å². The Hall–Kier alpha value is -0.450. The van der Waals surface area contributed by atoms with Crippen molar-refractivity contribution in [2.45, 2.75) is 95.4 Å². The molecule has 8 atom stereocenters. The number of carbonyl (C=O) groups is 1. The number of hydrogen-bond acceptors (Lipinski definition) is 4. The van der Waals surface area contributed by atoms with E-state index in [0.29, 0.717) is 36.4 Å². The van der Waals surface area contributed by atoms with Gasteiger partial charge in [-0.25, -0.2) is 0 Å². The SMILES string of the molecule is C[C@]12CC[C@H]3[C@@H](CCC45OC4C(=O)CC[C@]35C)[C@@H]1CC[C@@]2(O)CCCO. The minimum absolute atomic E-state index is 0.0154. The van der Waals surface area contributed by atoms with Crippen LogP contribution >= 0.6 is 0 Å². The quantitative estimate of drug-likeness (QED) is 0.756. The van der Waals surface area contributed by atoms with E-state index in [9.17, 15) is 15.0 Å². The first-order chi connectivity index (χ1) is 12.3. The van der Waals surface area contributed by atoms with Crippen LogP contribution in [0.5, 0.6) is 0 Å². The number of hydrogen-bond donors (Lipinski definition) is 2. The van der Waals surface area contributed by atoms with Crippen LogP contribution in [0.25, 0.3) is 0 Å². The molecule has 1 heterocycles. The van der Waals surface area contributed by atoms with E-state index in [1.807, 2.05) is 0 Å². The average molecular weight is 363 g/mol. The maximum absolute atomic E-state index is 12.2. The predicted octanol–water partition coefficient (Wildman–Crippen LogP) is 3.23. The van der Waals surface area contributed by atoms with Gasteiger partial charge in [0.05, 0.1) is 5.60 Å². The third kappa shape index (κ3) is 1.89. The number of fused-ring (bicyclic) bond motifs is 4. The molecule has 0 aromatic carbocycles. The summed E-state index contributed by atoms with van der Waals surface area (Å²) in [7, 11) is 0. The van der Waals surface area contributed by atoms with Gasteiger partial charge in [-0.2, -0.15) is 0 Å². The maximum Gasteiger partial charge on any atom is 0.164 e. The van der Waals surface area contributed by atoms with Crippen molar-refractivity contribution in [1.29, 1.82) is 0 Å². The fourth-order valence-electron chi connectivity index (χ4n) is 8.39. The largest absolute Gasteiger partial charge is 0.396 e. The van der Waals surface area contributed by atoms with Crippen LogP contribution < -0.4 is 0 Å². The average Bonchev–Trinajstić information content (AvgIpc) is 3.31. The fraction of sp³-hybridized carbons (Fsp3) is 0.955. The van der Waals surface area contributed by atoms with Crippen molar-refractivity contribution in [3.05, 3.63) is 0 Å². The lowest BCUT2D eigenvalue weighted by Gasteiger charge is -2.60. The van der Waals surface area contributed by atoms with Crippen molar-refractivity contribution in [1.82, 2.24) is 0 Å². The molecule has 2 unspecified atom stereocenters. The van der Waals surface area contributed by atoms with Crippen molar-refractivity contribution < 1.29 is 19.7 Å². The van der Waals surface area contributed by atoms with E-state index >= 15 is 0 Å². The Bertz CT molecular complexity index is 634. The summed E-state index contributed by atoms with van der Waals surface area (Å²) in [4.78, 5) is 12.2. The molecule has 1 spiro atoms. The molecule has 0 amide bonds.